The lowest BCUT2D eigenvalue weighted by Crippen LogP contribution is -2.41. The quantitative estimate of drug-likeness (QED) is 0.839. The van der Waals surface area contributed by atoms with Crippen LogP contribution in [-0.4, -0.2) is 30.3 Å². The Hall–Kier alpha value is -1.88. The Bertz CT molecular complexity index is 613. The van der Waals surface area contributed by atoms with Crippen LogP contribution in [0.25, 0.3) is 0 Å². The Balaban J connectivity index is 1.86. The van der Waals surface area contributed by atoms with Crippen molar-refractivity contribution in [1.82, 2.24) is 0 Å². The number of hydrogen-bond donors (Lipinski definition) is 1. The maximum atomic E-state index is 12.2. The van der Waals surface area contributed by atoms with Crippen molar-refractivity contribution in [3.05, 3.63) is 35.9 Å². The zero-order valence-corrected chi connectivity index (χ0v) is 14.2. The second-order valence-electron chi connectivity index (χ2n) is 7.05. The van der Waals surface area contributed by atoms with Crippen LogP contribution in [0.2, 0.25) is 0 Å². The van der Waals surface area contributed by atoms with Crippen LogP contribution >= 0.6 is 0 Å². The molecule has 0 aliphatic heterocycles. The fraction of sp³-hybridized carbons (Fsp3) is 0.579. The minimum Gasteiger partial charge on any atom is -0.481 e. The molecule has 1 aromatic rings. The molecule has 0 spiro atoms. The second-order valence-corrected chi connectivity index (χ2v) is 7.05. The summed E-state index contributed by atoms with van der Waals surface area (Å²) in [5, 5.41) is 9.69. The Morgan fingerprint density at radius 3 is 2.17 bits per heavy atom. The van der Waals surface area contributed by atoms with Gasteiger partial charge in [-0.05, 0) is 17.4 Å². The summed E-state index contributed by atoms with van der Waals surface area (Å²) in [5.74, 6) is -2.53. The first kappa shape index (κ1) is 17.0. The van der Waals surface area contributed by atoms with E-state index in [-0.39, 0.29) is 29.8 Å². The lowest BCUT2D eigenvalue weighted by atomic mass is 9.69. The molecule has 3 rings (SSSR count). The summed E-state index contributed by atoms with van der Waals surface area (Å²) in [6.07, 6.45) is -0.222. The summed E-state index contributed by atoms with van der Waals surface area (Å²) in [4.78, 5) is 24.1. The molecule has 5 heteroatoms. The fourth-order valence-corrected chi connectivity index (χ4v) is 4.84. The van der Waals surface area contributed by atoms with E-state index in [9.17, 15) is 14.7 Å². The molecule has 2 fully saturated rings. The third-order valence-electron chi connectivity index (χ3n) is 6.06. The number of methoxy groups -OCH3 is 1. The Morgan fingerprint density at radius 2 is 1.62 bits per heavy atom. The van der Waals surface area contributed by atoms with Gasteiger partial charge < -0.3 is 14.6 Å². The van der Waals surface area contributed by atoms with Gasteiger partial charge in [0.2, 0.25) is 0 Å². The van der Waals surface area contributed by atoms with Crippen molar-refractivity contribution in [3.8, 4) is 0 Å². The molecule has 0 aromatic heterocycles. The molecule has 1 aromatic carbocycles. The number of carboxylic acids is 1. The maximum Gasteiger partial charge on any atom is 0.309 e. The van der Waals surface area contributed by atoms with Crippen molar-refractivity contribution in [2.45, 2.75) is 26.6 Å². The van der Waals surface area contributed by atoms with Gasteiger partial charge in [0, 0.05) is 11.8 Å². The van der Waals surface area contributed by atoms with E-state index in [1.165, 1.54) is 7.11 Å². The second kappa shape index (κ2) is 6.55. The molecule has 2 bridgehead atoms. The smallest absolute Gasteiger partial charge is 0.309 e. The van der Waals surface area contributed by atoms with E-state index in [0.29, 0.717) is 6.61 Å². The predicted molar refractivity (Wildman–Crippen MR) is 87.0 cm³/mol. The summed E-state index contributed by atoms with van der Waals surface area (Å²) in [5.41, 5.74) is 1.05. The van der Waals surface area contributed by atoms with Gasteiger partial charge in [-0.3, -0.25) is 9.59 Å². The van der Waals surface area contributed by atoms with E-state index >= 15 is 0 Å². The molecule has 0 heterocycles. The number of benzene rings is 1. The van der Waals surface area contributed by atoms with E-state index < -0.39 is 23.8 Å². The maximum absolute atomic E-state index is 12.2. The molecule has 2 aliphatic rings. The average molecular weight is 332 g/mol. The van der Waals surface area contributed by atoms with Crippen LogP contribution in [-0.2, 0) is 25.7 Å². The third kappa shape index (κ3) is 2.61. The molecule has 0 saturated heterocycles. The summed E-state index contributed by atoms with van der Waals surface area (Å²) in [6, 6.07) is 9.81. The van der Waals surface area contributed by atoms with Crippen LogP contribution in [0, 0.1) is 35.5 Å². The minimum atomic E-state index is -0.926. The van der Waals surface area contributed by atoms with Crippen LogP contribution in [0.3, 0.4) is 0 Å². The van der Waals surface area contributed by atoms with Gasteiger partial charge in [-0.2, -0.15) is 0 Å². The van der Waals surface area contributed by atoms with E-state index in [2.05, 4.69) is 13.8 Å². The molecule has 2 saturated carbocycles. The number of ether oxygens (including phenoxy) is 2. The molecule has 5 nitrogen and oxygen atoms in total. The van der Waals surface area contributed by atoms with Crippen LogP contribution in [0.5, 0.6) is 0 Å². The monoisotopic (exact) mass is 332 g/mol. The van der Waals surface area contributed by atoms with Gasteiger partial charge in [0.15, 0.2) is 0 Å². The van der Waals surface area contributed by atoms with E-state index in [1.54, 1.807) is 0 Å². The predicted octanol–water partition coefficient (Wildman–Crippen LogP) is 2.59. The number of carbonyl (C=O) groups excluding carboxylic acids is 1. The topological polar surface area (TPSA) is 72.8 Å². The number of aliphatic carboxylic acids is 1. The molecule has 130 valence electrons. The van der Waals surface area contributed by atoms with Gasteiger partial charge >= 0.3 is 11.9 Å². The third-order valence-corrected chi connectivity index (χ3v) is 6.06. The normalized spacial score (nSPS) is 37.4. The zero-order chi connectivity index (χ0) is 17.4. The number of hydrogen-bond acceptors (Lipinski definition) is 4. The number of fused-ring (bicyclic) bond motifs is 2. The molecule has 0 radical (unpaired) electrons. The summed E-state index contributed by atoms with van der Waals surface area (Å²) in [7, 11) is 1.32. The Kier molecular flexibility index (Phi) is 4.63. The number of carbonyl (C=O) groups is 2. The molecule has 0 amide bonds. The Labute approximate surface area is 142 Å². The summed E-state index contributed by atoms with van der Waals surface area (Å²) >= 11 is 0. The van der Waals surface area contributed by atoms with Crippen molar-refractivity contribution >= 4 is 11.9 Å². The van der Waals surface area contributed by atoms with Gasteiger partial charge in [0.05, 0.1) is 31.7 Å². The largest absolute Gasteiger partial charge is 0.481 e. The molecular weight excluding hydrogens is 308 g/mol. The highest BCUT2D eigenvalue weighted by atomic mass is 16.5. The zero-order valence-electron chi connectivity index (χ0n) is 14.2. The highest BCUT2D eigenvalue weighted by Crippen LogP contribution is 2.59. The first-order valence-electron chi connectivity index (χ1n) is 8.43. The van der Waals surface area contributed by atoms with Crippen LogP contribution < -0.4 is 0 Å². The highest BCUT2D eigenvalue weighted by Gasteiger charge is 2.66. The lowest BCUT2D eigenvalue weighted by molar-refractivity contribution is -0.160. The minimum absolute atomic E-state index is 0.109. The molecule has 2 aliphatic carbocycles. The standard InChI is InChI=1S/C19H24O5/c1-10-11(2)14-16(19(22)23-3)15(18(20)21)13(10)17(14)24-9-12-7-5-4-6-8-12/h4-8,10-11,13-17H,9H2,1-3H3,(H,20,21)/t10-,11-,13?,14?,15-,16+,17?/m1/s1. The van der Waals surface area contributed by atoms with Crippen LogP contribution in [0.15, 0.2) is 30.3 Å². The van der Waals surface area contributed by atoms with Crippen LogP contribution in [0.4, 0.5) is 0 Å². The van der Waals surface area contributed by atoms with E-state index in [1.807, 2.05) is 30.3 Å². The fourth-order valence-electron chi connectivity index (χ4n) is 4.84. The molecule has 24 heavy (non-hydrogen) atoms. The van der Waals surface area contributed by atoms with Crippen molar-refractivity contribution in [3.63, 3.8) is 0 Å². The number of rotatable bonds is 5. The van der Waals surface area contributed by atoms with Crippen molar-refractivity contribution in [2.75, 3.05) is 7.11 Å². The Morgan fingerprint density at radius 1 is 1.04 bits per heavy atom. The number of carboxylic acid groups (broad SMARTS) is 1. The first-order chi connectivity index (χ1) is 11.5. The van der Waals surface area contributed by atoms with E-state index in [4.69, 9.17) is 9.47 Å². The molecule has 7 atom stereocenters. The first-order valence-corrected chi connectivity index (χ1v) is 8.43. The average Bonchev–Trinajstić information content (AvgIpc) is 3.04. The van der Waals surface area contributed by atoms with Gasteiger partial charge in [-0.1, -0.05) is 44.2 Å². The SMILES string of the molecule is COC(=O)[C@H]1C2C(OCc3ccccc3)C([C@H]1C(=O)O)[C@H](C)[C@H]2C. The van der Waals surface area contributed by atoms with E-state index in [0.717, 1.165) is 5.56 Å². The number of esters is 1. The lowest BCUT2D eigenvalue weighted by Gasteiger charge is -2.33. The molecule has 3 unspecified atom stereocenters. The molecular formula is C19H24O5. The van der Waals surface area contributed by atoms with Crippen molar-refractivity contribution in [2.24, 2.45) is 35.5 Å². The van der Waals surface area contributed by atoms with Gasteiger partial charge in [-0.25, -0.2) is 0 Å². The van der Waals surface area contributed by atoms with Gasteiger partial charge in [0.1, 0.15) is 0 Å². The van der Waals surface area contributed by atoms with Gasteiger partial charge in [-0.15, -0.1) is 0 Å². The van der Waals surface area contributed by atoms with Crippen molar-refractivity contribution < 1.29 is 24.2 Å². The van der Waals surface area contributed by atoms with Gasteiger partial charge in [0.25, 0.3) is 0 Å². The van der Waals surface area contributed by atoms with Crippen molar-refractivity contribution in [1.29, 1.82) is 0 Å². The summed E-state index contributed by atoms with van der Waals surface area (Å²) in [6.45, 7) is 4.58. The highest BCUT2D eigenvalue weighted by molar-refractivity contribution is 5.83. The van der Waals surface area contributed by atoms with Crippen LogP contribution in [0.1, 0.15) is 19.4 Å². The molecule has 1 N–H and O–H groups in total. The summed E-state index contributed by atoms with van der Waals surface area (Å²) < 4.78 is 11.1.